The highest BCUT2D eigenvalue weighted by atomic mass is 35.5. The molecular weight excluding hydrogens is 373 g/mol. The molecule has 0 aromatic heterocycles. The molecule has 3 rings (SSSR count). The SMILES string of the molecule is CC(O)c1ccc(Cc2c(Cl)cc(C3(C=O)NCC=NN3)cc2Cl)cc1. The summed E-state index contributed by atoms with van der Waals surface area (Å²) >= 11 is 12.9. The first-order valence-electron chi connectivity index (χ1n) is 8.20. The van der Waals surface area contributed by atoms with E-state index in [1.54, 1.807) is 25.3 Å². The first-order valence-corrected chi connectivity index (χ1v) is 8.96. The molecule has 0 amide bonds. The Morgan fingerprint density at radius 3 is 2.42 bits per heavy atom. The monoisotopic (exact) mass is 391 g/mol. The molecule has 1 heterocycles. The van der Waals surface area contributed by atoms with Crippen LogP contribution in [0.1, 0.15) is 35.3 Å². The van der Waals surface area contributed by atoms with Crippen LogP contribution in [0.3, 0.4) is 0 Å². The van der Waals surface area contributed by atoms with Crippen LogP contribution in [0, 0.1) is 0 Å². The summed E-state index contributed by atoms with van der Waals surface area (Å²) in [6.07, 6.45) is 2.43. The second-order valence-electron chi connectivity index (χ2n) is 6.24. The van der Waals surface area contributed by atoms with Crippen LogP contribution in [-0.4, -0.2) is 24.2 Å². The van der Waals surface area contributed by atoms with Crippen LogP contribution in [0.15, 0.2) is 41.5 Å². The number of nitrogens with zero attached hydrogens (tertiary/aromatic N) is 1. The zero-order valence-electron chi connectivity index (χ0n) is 14.2. The normalized spacial score (nSPS) is 20.5. The number of nitrogens with one attached hydrogen (secondary N) is 2. The van der Waals surface area contributed by atoms with Crippen molar-refractivity contribution in [3.63, 3.8) is 0 Å². The molecule has 26 heavy (non-hydrogen) atoms. The van der Waals surface area contributed by atoms with Gasteiger partial charge in [-0.05, 0) is 35.7 Å². The third kappa shape index (κ3) is 3.76. The van der Waals surface area contributed by atoms with Crippen LogP contribution < -0.4 is 10.7 Å². The highest BCUT2D eigenvalue weighted by Crippen LogP contribution is 2.32. The fourth-order valence-corrected chi connectivity index (χ4v) is 3.48. The largest absolute Gasteiger partial charge is 0.389 e. The number of aliphatic hydroxyl groups is 1. The molecule has 0 saturated heterocycles. The van der Waals surface area contributed by atoms with Crippen molar-refractivity contribution in [3.05, 3.63) is 68.7 Å². The maximum absolute atomic E-state index is 11.7. The Bertz CT molecular complexity index is 814. The number of aldehydes is 1. The van der Waals surface area contributed by atoms with Crippen molar-refractivity contribution in [2.45, 2.75) is 25.1 Å². The van der Waals surface area contributed by atoms with Crippen molar-refractivity contribution in [3.8, 4) is 0 Å². The molecule has 136 valence electrons. The molecule has 2 aromatic carbocycles. The van der Waals surface area contributed by atoms with Crippen molar-refractivity contribution in [1.82, 2.24) is 10.7 Å². The standard InChI is InChI=1S/C19H19Cl2N3O2/c1-12(26)14-4-2-13(3-5-14)8-16-17(20)9-15(10-18(16)21)19(11-25)22-6-7-23-24-19/h2-5,7,9-12,22,24,26H,6,8H2,1H3. The Kier molecular flexibility index (Phi) is 5.63. The zero-order valence-corrected chi connectivity index (χ0v) is 15.7. The minimum atomic E-state index is -1.14. The average molecular weight is 392 g/mol. The van der Waals surface area contributed by atoms with Crippen LogP contribution in [-0.2, 0) is 16.9 Å². The number of aliphatic hydroxyl groups excluding tert-OH is 1. The number of rotatable bonds is 5. The predicted octanol–water partition coefficient (Wildman–Crippen LogP) is 3.17. The second kappa shape index (κ2) is 7.76. The molecule has 0 saturated carbocycles. The first-order chi connectivity index (χ1) is 12.4. The number of carbonyl (C=O) groups is 1. The molecule has 0 bridgehead atoms. The summed E-state index contributed by atoms with van der Waals surface area (Å²) in [5, 5.41) is 17.6. The molecule has 3 N–H and O–H groups in total. The lowest BCUT2D eigenvalue weighted by Gasteiger charge is -2.32. The van der Waals surface area contributed by atoms with Crippen LogP contribution in [0.25, 0.3) is 0 Å². The lowest BCUT2D eigenvalue weighted by Crippen LogP contribution is -2.56. The third-order valence-electron chi connectivity index (χ3n) is 4.42. The third-order valence-corrected chi connectivity index (χ3v) is 5.10. The average Bonchev–Trinajstić information content (AvgIpc) is 2.65. The maximum Gasteiger partial charge on any atom is 0.187 e. The molecule has 7 heteroatoms. The maximum atomic E-state index is 11.7. The topological polar surface area (TPSA) is 73.7 Å². The Morgan fingerprint density at radius 2 is 1.92 bits per heavy atom. The lowest BCUT2D eigenvalue weighted by atomic mass is 9.96. The van der Waals surface area contributed by atoms with Gasteiger partial charge in [-0.15, -0.1) is 0 Å². The molecule has 0 spiro atoms. The summed E-state index contributed by atoms with van der Waals surface area (Å²) in [7, 11) is 0. The van der Waals surface area contributed by atoms with E-state index < -0.39 is 11.8 Å². The molecule has 2 atom stereocenters. The molecule has 0 fully saturated rings. The van der Waals surface area contributed by atoms with Gasteiger partial charge in [0, 0.05) is 34.8 Å². The van der Waals surface area contributed by atoms with Gasteiger partial charge in [-0.2, -0.15) is 5.10 Å². The van der Waals surface area contributed by atoms with Crippen LogP contribution >= 0.6 is 23.2 Å². The number of halogens is 2. The Morgan fingerprint density at radius 1 is 1.27 bits per heavy atom. The molecule has 0 radical (unpaired) electrons. The number of hydrogen-bond acceptors (Lipinski definition) is 5. The van der Waals surface area contributed by atoms with Gasteiger partial charge in [0.1, 0.15) is 0 Å². The van der Waals surface area contributed by atoms with Crippen molar-refractivity contribution in [1.29, 1.82) is 0 Å². The summed E-state index contributed by atoms with van der Waals surface area (Å²) in [5.41, 5.74) is 4.91. The molecule has 1 aliphatic rings. The van der Waals surface area contributed by atoms with Gasteiger partial charge >= 0.3 is 0 Å². The number of hydrogen-bond donors (Lipinski definition) is 3. The van der Waals surface area contributed by atoms with Crippen molar-refractivity contribution in [2.75, 3.05) is 6.54 Å². The van der Waals surface area contributed by atoms with Gasteiger partial charge in [0.2, 0.25) is 0 Å². The minimum absolute atomic E-state index is 0.457. The number of hydrazone groups is 1. The van der Waals surface area contributed by atoms with Gasteiger partial charge in [-0.1, -0.05) is 47.5 Å². The summed E-state index contributed by atoms with van der Waals surface area (Å²) in [6, 6.07) is 11.1. The molecule has 2 unspecified atom stereocenters. The van der Waals surface area contributed by atoms with Crippen molar-refractivity contribution in [2.24, 2.45) is 5.10 Å². The number of carbonyl (C=O) groups excluding carboxylic acids is 1. The summed E-state index contributed by atoms with van der Waals surface area (Å²) in [4.78, 5) is 11.7. The van der Waals surface area contributed by atoms with Crippen LogP contribution in [0.2, 0.25) is 10.0 Å². The smallest absolute Gasteiger partial charge is 0.187 e. The first kappa shape index (κ1) is 18.9. The molecule has 0 aliphatic carbocycles. The van der Waals surface area contributed by atoms with E-state index in [4.69, 9.17) is 23.2 Å². The summed E-state index contributed by atoms with van der Waals surface area (Å²) < 4.78 is 0. The van der Waals surface area contributed by atoms with Gasteiger partial charge < -0.3 is 5.11 Å². The fourth-order valence-electron chi connectivity index (χ4n) is 2.86. The quantitative estimate of drug-likeness (QED) is 0.684. The summed E-state index contributed by atoms with van der Waals surface area (Å²) in [6.45, 7) is 2.18. The van der Waals surface area contributed by atoms with Gasteiger partial charge in [0.15, 0.2) is 11.9 Å². The van der Waals surface area contributed by atoms with E-state index in [2.05, 4.69) is 15.8 Å². The van der Waals surface area contributed by atoms with Gasteiger partial charge in [-0.3, -0.25) is 15.5 Å². The minimum Gasteiger partial charge on any atom is -0.389 e. The molecular formula is C19H19Cl2N3O2. The Labute approximate surface area is 162 Å². The van der Waals surface area contributed by atoms with Gasteiger partial charge in [0.25, 0.3) is 0 Å². The van der Waals surface area contributed by atoms with Gasteiger partial charge in [-0.25, -0.2) is 0 Å². The van der Waals surface area contributed by atoms with Crippen LogP contribution in [0.4, 0.5) is 0 Å². The Hall–Kier alpha value is -1.92. The van der Waals surface area contributed by atoms with E-state index in [9.17, 15) is 9.90 Å². The highest BCUT2D eigenvalue weighted by molar-refractivity contribution is 6.36. The van der Waals surface area contributed by atoms with E-state index in [-0.39, 0.29) is 0 Å². The lowest BCUT2D eigenvalue weighted by molar-refractivity contribution is -0.115. The molecule has 5 nitrogen and oxygen atoms in total. The van der Waals surface area contributed by atoms with Crippen molar-refractivity contribution < 1.29 is 9.90 Å². The Balaban J connectivity index is 1.90. The second-order valence-corrected chi connectivity index (χ2v) is 7.06. The fraction of sp³-hybridized carbons (Fsp3) is 0.263. The number of benzene rings is 2. The van der Waals surface area contributed by atoms with Crippen molar-refractivity contribution >= 4 is 35.7 Å². The molecule has 1 aliphatic heterocycles. The highest BCUT2D eigenvalue weighted by Gasteiger charge is 2.33. The zero-order chi connectivity index (χ0) is 18.7. The van der Waals surface area contributed by atoms with E-state index in [1.165, 1.54) is 0 Å². The van der Waals surface area contributed by atoms with Gasteiger partial charge in [0.05, 0.1) is 6.10 Å². The van der Waals surface area contributed by atoms with Crippen LogP contribution in [0.5, 0.6) is 0 Å². The summed E-state index contributed by atoms with van der Waals surface area (Å²) in [5.74, 6) is 0. The van der Waals surface area contributed by atoms with E-state index in [1.807, 2.05) is 24.3 Å². The van der Waals surface area contributed by atoms with E-state index >= 15 is 0 Å². The molecule has 2 aromatic rings. The van der Waals surface area contributed by atoms with E-state index in [0.717, 1.165) is 23.0 Å². The predicted molar refractivity (Wildman–Crippen MR) is 104 cm³/mol. The van der Waals surface area contributed by atoms with E-state index in [0.29, 0.717) is 28.6 Å².